The third-order valence-electron chi connectivity index (χ3n) is 5.19. The van der Waals surface area contributed by atoms with Crippen LogP contribution in [0.1, 0.15) is 26.3 Å². The first kappa shape index (κ1) is 25.1. The van der Waals surface area contributed by atoms with Crippen molar-refractivity contribution >= 4 is 46.4 Å². The minimum absolute atomic E-state index is 0.210. The van der Waals surface area contributed by atoms with Gasteiger partial charge in [0.15, 0.2) is 5.78 Å². The molecular weight excluding hydrogens is 493 g/mol. The normalized spacial score (nSPS) is 11.1. The zero-order valence-electron chi connectivity index (χ0n) is 19.0. The third kappa shape index (κ3) is 5.48. The lowest BCUT2D eigenvalue weighted by Gasteiger charge is -2.13. The number of benzene rings is 3. The predicted octanol–water partition coefficient (Wildman–Crippen LogP) is 4.71. The van der Waals surface area contributed by atoms with E-state index in [2.05, 4.69) is 20.0 Å². The molecule has 4 rings (SSSR count). The fourth-order valence-corrected chi connectivity index (χ4v) is 3.32. The van der Waals surface area contributed by atoms with Crippen LogP contribution in [0.5, 0.6) is 0 Å². The molecule has 0 unspecified atom stereocenters. The van der Waals surface area contributed by atoms with Crippen LogP contribution in [0.4, 0.5) is 29.6 Å². The molecule has 37 heavy (non-hydrogen) atoms. The van der Waals surface area contributed by atoms with Gasteiger partial charge in [0, 0.05) is 23.7 Å². The second-order valence-corrected chi connectivity index (χ2v) is 7.70. The Labute approximate surface area is 206 Å². The number of halogens is 3. The largest absolute Gasteiger partial charge is 0.491 e. The molecule has 188 valence electrons. The number of aromatic nitrogens is 2. The van der Waals surface area contributed by atoms with E-state index in [0.717, 1.165) is 7.05 Å². The molecule has 1 aromatic heterocycles. The van der Waals surface area contributed by atoms with Crippen LogP contribution in [0.25, 0.3) is 11.0 Å². The molecule has 2 amide bonds. The highest BCUT2D eigenvalue weighted by atomic mass is 19.4. The Morgan fingerprint density at radius 3 is 2.30 bits per heavy atom. The maximum absolute atomic E-state index is 13.3. The second-order valence-electron chi connectivity index (χ2n) is 7.70. The number of aromatic amines is 1. The number of rotatable bonds is 5. The molecule has 0 aliphatic heterocycles. The first-order valence-electron chi connectivity index (χ1n) is 10.6. The number of amides is 2. The van der Waals surface area contributed by atoms with Crippen LogP contribution in [-0.4, -0.2) is 46.9 Å². The minimum Gasteiger partial charge on any atom is -0.369 e. The number of carbonyl (C=O) groups is 4. The molecule has 9 nitrogen and oxygen atoms in total. The first-order valence-corrected chi connectivity index (χ1v) is 10.6. The molecule has 12 heteroatoms. The molecule has 4 aromatic rings. The molecule has 3 aromatic carbocycles. The van der Waals surface area contributed by atoms with E-state index in [4.69, 9.17) is 0 Å². The summed E-state index contributed by atoms with van der Waals surface area (Å²) >= 11 is 0. The number of imidazole rings is 1. The lowest BCUT2D eigenvalue weighted by Crippen LogP contribution is -2.35. The molecule has 1 heterocycles. The van der Waals surface area contributed by atoms with E-state index >= 15 is 0 Å². The highest BCUT2D eigenvalue weighted by molar-refractivity contribution is 6.16. The highest BCUT2D eigenvalue weighted by Gasteiger charge is 2.43. The van der Waals surface area contributed by atoms with Gasteiger partial charge in [-0.3, -0.25) is 9.59 Å². The number of hydrogen-bond acceptors (Lipinski definition) is 6. The molecule has 0 bridgehead atoms. The molecule has 0 saturated carbocycles. The van der Waals surface area contributed by atoms with Crippen molar-refractivity contribution in [1.29, 1.82) is 0 Å². The quantitative estimate of drug-likeness (QED) is 0.228. The van der Waals surface area contributed by atoms with Crippen LogP contribution in [0.2, 0.25) is 0 Å². The molecule has 0 radical (unpaired) electrons. The predicted molar refractivity (Wildman–Crippen MR) is 126 cm³/mol. The van der Waals surface area contributed by atoms with Gasteiger partial charge in [-0.05, 0) is 42.5 Å². The number of nitrogens with one attached hydrogen (secondary N) is 2. The van der Waals surface area contributed by atoms with E-state index in [1.807, 2.05) is 0 Å². The number of H-pyrrole nitrogens is 1. The number of alkyl halides is 3. The van der Waals surface area contributed by atoms with E-state index in [9.17, 15) is 32.3 Å². The second kappa shape index (κ2) is 9.93. The number of carbonyl (C=O) groups excluding carboxylic acids is 4. The number of ether oxygens (including phenoxy) is 1. The number of fused-ring (bicyclic) bond motifs is 1. The van der Waals surface area contributed by atoms with E-state index in [-0.39, 0.29) is 22.6 Å². The van der Waals surface area contributed by atoms with E-state index in [1.54, 1.807) is 54.6 Å². The third-order valence-corrected chi connectivity index (χ3v) is 5.19. The summed E-state index contributed by atoms with van der Waals surface area (Å²) in [6.45, 7) is 0. The average molecular weight is 510 g/mol. The van der Waals surface area contributed by atoms with Gasteiger partial charge < -0.3 is 15.0 Å². The Morgan fingerprint density at radius 1 is 0.919 bits per heavy atom. The summed E-state index contributed by atoms with van der Waals surface area (Å²) in [5.41, 5.74) is 1.71. The van der Waals surface area contributed by atoms with Crippen LogP contribution in [0, 0.1) is 0 Å². The maximum Gasteiger partial charge on any atom is 0.491 e. The number of ketones is 1. The van der Waals surface area contributed by atoms with E-state index in [1.165, 1.54) is 18.2 Å². The van der Waals surface area contributed by atoms with Crippen molar-refractivity contribution in [2.45, 2.75) is 6.18 Å². The van der Waals surface area contributed by atoms with Crippen molar-refractivity contribution in [2.75, 3.05) is 17.3 Å². The molecule has 0 atom stereocenters. The van der Waals surface area contributed by atoms with Crippen LogP contribution >= 0.6 is 0 Å². The van der Waals surface area contributed by atoms with Gasteiger partial charge in [0.2, 0.25) is 5.95 Å². The number of hydrogen-bond donors (Lipinski definition) is 2. The fraction of sp³-hybridized carbons (Fsp3) is 0.0800. The van der Waals surface area contributed by atoms with Crippen LogP contribution in [0.15, 0.2) is 72.8 Å². The molecule has 0 aliphatic rings. The van der Waals surface area contributed by atoms with Crippen molar-refractivity contribution in [2.24, 2.45) is 0 Å². The van der Waals surface area contributed by atoms with E-state index in [0.29, 0.717) is 21.7 Å². The monoisotopic (exact) mass is 510 g/mol. The summed E-state index contributed by atoms with van der Waals surface area (Å²) in [5.74, 6) is -3.69. The lowest BCUT2D eigenvalue weighted by molar-refractivity contribution is -0.192. The lowest BCUT2D eigenvalue weighted by atomic mass is 10.0. The summed E-state index contributed by atoms with van der Waals surface area (Å²) in [6, 6.07) is 19.3. The number of nitrogens with zero attached hydrogens (tertiary/aromatic N) is 2. The summed E-state index contributed by atoms with van der Waals surface area (Å²) < 4.78 is 40.9. The number of anilines is 2. The topological polar surface area (TPSA) is 121 Å². The van der Waals surface area contributed by atoms with Crippen LogP contribution in [-0.2, 0) is 9.53 Å². The number of para-hydroxylation sites is 1. The highest BCUT2D eigenvalue weighted by Crippen LogP contribution is 2.24. The minimum atomic E-state index is -5.34. The molecule has 0 saturated heterocycles. The Bertz CT molecular complexity index is 1520. The molecular formula is C25H17F3N4O5. The van der Waals surface area contributed by atoms with Gasteiger partial charge in [0.25, 0.3) is 5.91 Å². The Morgan fingerprint density at radius 2 is 1.59 bits per heavy atom. The SMILES string of the molecule is CN(C(=O)OC(=O)C(F)(F)F)c1nc2ccc(C(=O)c3ccccc3NC(=O)c3ccccc3)cc2[nH]1. The van der Waals surface area contributed by atoms with Crippen LogP contribution in [0.3, 0.4) is 0 Å². The first-order chi connectivity index (χ1) is 17.5. The summed E-state index contributed by atoms with van der Waals surface area (Å²) in [7, 11) is 1.06. The zero-order chi connectivity index (χ0) is 26.7. The van der Waals surface area contributed by atoms with Crippen molar-refractivity contribution in [1.82, 2.24) is 9.97 Å². The molecule has 0 fully saturated rings. The van der Waals surface area contributed by atoms with Gasteiger partial charge in [0.1, 0.15) is 0 Å². The zero-order valence-corrected chi connectivity index (χ0v) is 19.0. The fourth-order valence-electron chi connectivity index (χ4n) is 3.32. The van der Waals surface area contributed by atoms with Crippen molar-refractivity contribution in [3.63, 3.8) is 0 Å². The molecule has 0 aliphatic carbocycles. The average Bonchev–Trinajstić information content (AvgIpc) is 3.31. The van der Waals surface area contributed by atoms with Gasteiger partial charge in [-0.25, -0.2) is 19.5 Å². The van der Waals surface area contributed by atoms with Gasteiger partial charge in [-0.2, -0.15) is 13.2 Å². The van der Waals surface area contributed by atoms with E-state index < -0.39 is 29.9 Å². The maximum atomic E-state index is 13.3. The van der Waals surface area contributed by atoms with Gasteiger partial charge in [-0.15, -0.1) is 0 Å². The molecule has 0 spiro atoms. The summed E-state index contributed by atoms with van der Waals surface area (Å²) in [5, 5.41) is 2.73. The van der Waals surface area contributed by atoms with Gasteiger partial charge >= 0.3 is 18.2 Å². The summed E-state index contributed by atoms with van der Waals surface area (Å²) in [6.07, 6.45) is -6.93. The Hall–Kier alpha value is -5.00. The standard InChI is InChI=1S/C25H17F3N4O5/c1-32(24(36)37-22(35)25(26,27)28)23-30-18-12-11-15(13-19(18)31-23)20(33)16-9-5-6-10-17(16)29-21(34)14-7-3-2-4-8-14/h2-13H,1H3,(H,29,34)(H,30,31). The van der Waals surface area contributed by atoms with Crippen molar-refractivity contribution in [3.8, 4) is 0 Å². The van der Waals surface area contributed by atoms with Crippen molar-refractivity contribution < 1.29 is 37.1 Å². The molecule has 2 N–H and O–H groups in total. The summed E-state index contributed by atoms with van der Waals surface area (Å²) in [4.78, 5) is 56.0. The smallest absolute Gasteiger partial charge is 0.369 e. The number of esters is 1. The van der Waals surface area contributed by atoms with Gasteiger partial charge in [0.05, 0.1) is 16.7 Å². The van der Waals surface area contributed by atoms with Crippen LogP contribution < -0.4 is 10.2 Å². The Kier molecular flexibility index (Phi) is 6.74. The Balaban J connectivity index is 1.57. The van der Waals surface area contributed by atoms with Gasteiger partial charge in [-0.1, -0.05) is 30.3 Å². The van der Waals surface area contributed by atoms with Crippen molar-refractivity contribution in [3.05, 3.63) is 89.5 Å².